The normalized spacial score (nSPS) is 23.3. The van der Waals surface area contributed by atoms with Crippen LogP contribution in [0.3, 0.4) is 0 Å². The minimum absolute atomic E-state index is 0.113. The molecule has 2 aliphatic rings. The Morgan fingerprint density at radius 1 is 1.10 bits per heavy atom. The Morgan fingerprint density at radius 2 is 1.81 bits per heavy atom. The summed E-state index contributed by atoms with van der Waals surface area (Å²) < 4.78 is 5.42. The zero-order valence-electron chi connectivity index (χ0n) is 12.9. The maximum Gasteiger partial charge on any atom is 0.228 e. The zero-order chi connectivity index (χ0) is 14.5. The number of hydrogen-bond acceptors (Lipinski definition) is 5. The van der Waals surface area contributed by atoms with Gasteiger partial charge in [-0.15, -0.1) is 0 Å². The van der Waals surface area contributed by atoms with Crippen LogP contribution in [0.5, 0.6) is 0 Å². The van der Waals surface area contributed by atoms with E-state index < -0.39 is 0 Å². The predicted molar refractivity (Wildman–Crippen MR) is 86.2 cm³/mol. The van der Waals surface area contributed by atoms with E-state index in [1.54, 1.807) is 0 Å². The number of nitrogens with zero attached hydrogens (tertiary/aromatic N) is 2. The summed E-state index contributed by atoms with van der Waals surface area (Å²) in [4.78, 5) is 4.56. The second-order valence-electron chi connectivity index (χ2n) is 6.78. The molecule has 0 aromatic carbocycles. The largest absolute Gasteiger partial charge is 0.339 e. The first-order valence-electron chi connectivity index (χ1n) is 8.45. The molecule has 2 saturated carbocycles. The SMILES string of the molecule is NC1(Cc2nc(CSC3CCCCC3)no2)CCCCC1. The summed E-state index contributed by atoms with van der Waals surface area (Å²) in [5, 5.41) is 4.93. The molecule has 1 aromatic rings. The first kappa shape index (κ1) is 15.3. The molecule has 0 saturated heterocycles. The van der Waals surface area contributed by atoms with Crippen LogP contribution in [-0.2, 0) is 12.2 Å². The van der Waals surface area contributed by atoms with E-state index in [2.05, 4.69) is 10.1 Å². The predicted octanol–water partition coefficient (Wildman–Crippen LogP) is 3.84. The maximum absolute atomic E-state index is 6.46. The molecular weight excluding hydrogens is 282 g/mol. The molecule has 2 N–H and O–H groups in total. The first-order valence-corrected chi connectivity index (χ1v) is 9.50. The highest BCUT2D eigenvalue weighted by molar-refractivity contribution is 7.99. The maximum atomic E-state index is 6.46. The van der Waals surface area contributed by atoms with E-state index in [1.165, 1.54) is 51.4 Å². The number of nitrogens with two attached hydrogens (primary N) is 1. The van der Waals surface area contributed by atoms with E-state index in [-0.39, 0.29) is 5.54 Å². The summed E-state index contributed by atoms with van der Waals surface area (Å²) in [5.41, 5.74) is 6.35. The summed E-state index contributed by atoms with van der Waals surface area (Å²) >= 11 is 1.99. The number of thioether (sulfide) groups is 1. The standard InChI is InChI=1S/C16H27N3OS/c17-16(9-5-2-6-10-16)11-15-18-14(19-20-15)12-21-13-7-3-1-4-8-13/h13H,1-12,17H2. The van der Waals surface area contributed by atoms with Crippen LogP contribution < -0.4 is 5.73 Å². The van der Waals surface area contributed by atoms with Crippen molar-refractivity contribution in [2.75, 3.05) is 0 Å². The molecule has 0 bridgehead atoms. The fourth-order valence-electron chi connectivity index (χ4n) is 3.58. The molecule has 0 amide bonds. The second kappa shape index (κ2) is 7.14. The van der Waals surface area contributed by atoms with E-state index in [4.69, 9.17) is 10.3 Å². The Kier molecular flexibility index (Phi) is 5.22. The van der Waals surface area contributed by atoms with Gasteiger partial charge in [0.05, 0.1) is 5.75 Å². The van der Waals surface area contributed by atoms with Gasteiger partial charge in [0.15, 0.2) is 5.82 Å². The lowest BCUT2D eigenvalue weighted by Crippen LogP contribution is -2.43. The molecule has 0 radical (unpaired) electrons. The van der Waals surface area contributed by atoms with Crippen molar-refractivity contribution in [2.45, 2.75) is 87.2 Å². The lowest BCUT2D eigenvalue weighted by Gasteiger charge is -2.31. The third kappa shape index (κ3) is 4.46. The van der Waals surface area contributed by atoms with E-state index in [1.807, 2.05) is 11.8 Å². The monoisotopic (exact) mass is 309 g/mol. The highest BCUT2D eigenvalue weighted by atomic mass is 32.2. The van der Waals surface area contributed by atoms with Gasteiger partial charge in [0.1, 0.15) is 0 Å². The lowest BCUT2D eigenvalue weighted by atomic mass is 9.80. The highest BCUT2D eigenvalue weighted by Crippen LogP contribution is 2.31. The molecule has 4 nitrogen and oxygen atoms in total. The molecular formula is C16H27N3OS. The van der Waals surface area contributed by atoms with Crippen molar-refractivity contribution in [1.82, 2.24) is 10.1 Å². The molecule has 21 heavy (non-hydrogen) atoms. The van der Waals surface area contributed by atoms with Gasteiger partial charge in [-0.05, 0) is 25.7 Å². The zero-order valence-corrected chi connectivity index (χ0v) is 13.7. The van der Waals surface area contributed by atoms with Gasteiger partial charge in [-0.25, -0.2) is 0 Å². The van der Waals surface area contributed by atoms with Crippen LogP contribution in [0.15, 0.2) is 4.52 Å². The van der Waals surface area contributed by atoms with Gasteiger partial charge in [-0.1, -0.05) is 43.7 Å². The van der Waals surface area contributed by atoms with Gasteiger partial charge < -0.3 is 10.3 Å². The third-order valence-corrected chi connectivity index (χ3v) is 6.23. The molecule has 0 atom stereocenters. The van der Waals surface area contributed by atoms with Gasteiger partial charge in [-0.3, -0.25) is 0 Å². The molecule has 1 aromatic heterocycles. The fraction of sp³-hybridized carbons (Fsp3) is 0.875. The van der Waals surface area contributed by atoms with Crippen molar-refractivity contribution >= 4 is 11.8 Å². The van der Waals surface area contributed by atoms with Crippen molar-refractivity contribution in [2.24, 2.45) is 5.73 Å². The Hall–Kier alpha value is -0.550. The summed E-state index contributed by atoms with van der Waals surface area (Å²) in [6.45, 7) is 0. The van der Waals surface area contributed by atoms with E-state index >= 15 is 0 Å². The molecule has 5 heteroatoms. The van der Waals surface area contributed by atoms with Crippen LogP contribution in [0, 0.1) is 0 Å². The van der Waals surface area contributed by atoms with Crippen molar-refractivity contribution in [3.63, 3.8) is 0 Å². The Labute approximate surface area is 131 Å². The minimum Gasteiger partial charge on any atom is -0.339 e. The average molecular weight is 309 g/mol. The molecule has 118 valence electrons. The number of aromatic nitrogens is 2. The van der Waals surface area contributed by atoms with Crippen LogP contribution in [0.1, 0.15) is 75.9 Å². The van der Waals surface area contributed by atoms with Crippen molar-refractivity contribution in [1.29, 1.82) is 0 Å². The molecule has 0 spiro atoms. The van der Waals surface area contributed by atoms with Crippen LogP contribution >= 0.6 is 11.8 Å². The first-order chi connectivity index (χ1) is 10.2. The van der Waals surface area contributed by atoms with Gasteiger partial charge in [0, 0.05) is 17.2 Å². The van der Waals surface area contributed by atoms with Crippen LogP contribution in [0.2, 0.25) is 0 Å². The number of hydrogen-bond donors (Lipinski definition) is 1. The molecule has 1 heterocycles. The summed E-state index contributed by atoms with van der Waals surface area (Å²) in [5.74, 6) is 2.46. The average Bonchev–Trinajstić information content (AvgIpc) is 2.94. The summed E-state index contributed by atoms with van der Waals surface area (Å²) in [7, 11) is 0. The highest BCUT2D eigenvalue weighted by Gasteiger charge is 2.30. The summed E-state index contributed by atoms with van der Waals surface area (Å²) in [6, 6.07) is 0. The van der Waals surface area contributed by atoms with Gasteiger partial charge in [0.2, 0.25) is 5.89 Å². The number of rotatable bonds is 5. The minimum atomic E-state index is -0.113. The Morgan fingerprint density at radius 3 is 2.57 bits per heavy atom. The topological polar surface area (TPSA) is 64.9 Å². The fourth-order valence-corrected chi connectivity index (χ4v) is 4.75. The summed E-state index contributed by atoms with van der Waals surface area (Å²) in [6.07, 6.45) is 13.5. The van der Waals surface area contributed by atoms with E-state index in [0.717, 1.165) is 42.0 Å². The smallest absolute Gasteiger partial charge is 0.228 e. The van der Waals surface area contributed by atoms with E-state index in [9.17, 15) is 0 Å². The molecule has 0 unspecified atom stereocenters. The van der Waals surface area contributed by atoms with Crippen molar-refractivity contribution < 1.29 is 4.52 Å². The van der Waals surface area contributed by atoms with E-state index in [0.29, 0.717) is 0 Å². The third-order valence-electron chi connectivity index (χ3n) is 4.86. The van der Waals surface area contributed by atoms with Crippen molar-refractivity contribution in [3.05, 3.63) is 11.7 Å². The molecule has 2 aliphatic carbocycles. The van der Waals surface area contributed by atoms with Gasteiger partial charge >= 0.3 is 0 Å². The van der Waals surface area contributed by atoms with Gasteiger partial charge in [0.25, 0.3) is 0 Å². The molecule has 2 fully saturated rings. The lowest BCUT2D eigenvalue weighted by molar-refractivity contribution is 0.260. The Balaban J connectivity index is 1.48. The second-order valence-corrected chi connectivity index (χ2v) is 8.06. The van der Waals surface area contributed by atoms with Crippen molar-refractivity contribution in [3.8, 4) is 0 Å². The molecule has 3 rings (SSSR count). The van der Waals surface area contributed by atoms with Crippen LogP contribution in [0.4, 0.5) is 0 Å². The van der Waals surface area contributed by atoms with Crippen LogP contribution in [-0.4, -0.2) is 20.9 Å². The van der Waals surface area contributed by atoms with Gasteiger partial charge in [-0.2, -0.15) is 16.7 Å². The molecule has 0 aliphatic heterocycles. The Bertz CT molecular complexity index is 436. The quantitative estimate of drug-likeness (QED) is 0.895. The van der Waals surface area contributed by atoms with Crippen LogP contribution in [0.25, 0.3) is 0 Å².